The molecule has 1 aromatic heterocycles. The molecule has 3 aromatic rings. The zero-order valence-electron chi connectivity index (χ0n) is 18.5. The normalized spacial score (nSPS) is 14.6. The smallest absolute Gasteiger partial charge is 0.416 e. The highest BCUT2D eigenvalue weighted by Crippen LogP contribution is 2.30. The van der Waals surface area contributed by atoms with Gasteiger partial charge in [0, 0.05) is 26.2 Å². The second kappa shape index (κ2) is 10.4. The predicted octanol–water partition coefficient (Wildman–Crippen LogP) is 5.66. The number of benzene rings is 2. The molecule has 9 heteroatoms. The summed E-state index contributed by atoms with van der Waals surface area (Å²) in [7, 11) is 0. The molecule has 0 saturated carbocycles. The average Bonchev–Trinajstić information content (AvgIpc) is 3.27. The van der Waals surface area contributed by atoms with Crippen LogP contribution >= 0.6 is 0 Å². The first kappa shape index (κ1) is 23.9. The second-order valence-corrected chi connectivity index (χ2v) is 8.45. The van der Waals surface area contributed by atoms with Crippen molar-refractivity contribution in [1.29, 1.82) is 0 Å². The summed E-state index contributed by atoms with van der Waals surface area (Å²) in [6.45, 7) is 1.91. The fourth-order valence-electron chi connectivity index (χ4n) is 4.10. The third-order valence-electron chi connectivity index (χ3n) is 5.73. The molecular formula is C25H25F4N3O2. The lowest BCUT2D eigenvalue weighted by Crippen LogP contribution is -2.35. The standard InChI is InChI=1S/C25H25F4N3O2/c26-21-9-5-7-19(13-21)15-31(14-18-6-4-8-20(12-18)25(27,28)29)16-23-30-22(17-34-23)24(33)32-10-2-1-3-11-32/h4-9,12-13,17H,1-3,10-11,14-16H2. The van der Waals surface area contributed by atoms with Gasteiger partial charge in [0.1, 0.15) is 12.1 Å². The highest BCUT2D eigenvalue weighted by atomic mass is 19.4. The van der Waals surface area contributed by atoms with Gasteiger partial charge in [-0.15, -0.1) is 0 Å². The minimum Gasteiger partial charge on any atom is -0.447 e. The first-order valence-electron chi connectivity index (χ1n) is 11.1. The number of carbonyl (C=O) groups is 1. The molecule has 0 aliphatic carbocycles. The maximum atomic E-state index is 13.7. The number of oxazole rings is 1. The van der Waals surface area contributed by atoms with Crippen LogP contribution in [0.2, 0.25) is 0 Å². The van der Waals surface area contributed by atoms with Crippen molar-refractivity contribution in [1.82, 2.24) is 14.8 Å². The Hall–Kier alpha value is -3.20. The molecule has 5 nitrogen and oxygen atoms in total. The molecule has 2 aromatic carbocycles. The Bertz CT molecular complexity index is 1120. The summed E-state index contributed by atoms with van der Waals surface area (Å²) in [6.07, 6.45) is -0.130. The lowest BCUT2D eigenvalue weighted by atomic mass is 10.1. The van der Waals surface area contributed by atoms with E-state index in [-0.39, 0.29) is 37.1 Å². The van der Waals surface area contributed by atoms with Gasteiger partial charge in [-0.25, -0.2) is 9.37 Å². The van der Waals surface area contributed by atoms with E-state index in [1.807, 2.05) is 0 Å². The summed E-state index contributed by atoms with van der Waals surface area (Å²) < 4.78 is 58.7. The van der Waals surface area contributed by atoms with E-state index >= 15 is 0 Å². The highest BCUT2D eigenvalue weighted by Gasteiger charge is 2.30. The van der Waals surface area contributed by atoms with Gasteiger partial charge in [0.15, 0.2) is 5.69 Å². The molecule has 0 bridgehead atoms. The SMILES string of the molecule is O=C(c1coc(CN(Cc2cccc(F)c2)Cc2cccc(C(F)(F)F)c2)n1)N1CCCCC1. The van der Waals surface area contributed by atoms with Gasteiger partial charge < -0.3 is 9.32 Å². The van der Waals surface area contributed by atoms with E-state index in [4.69, 9.17) is 4.42 Å². The number of carbonyl (C=O) groups excluding carboxylic acids is 1. The Labute approximate surface area is 195 Å². The molecule has 0 unspecified atom stereocenters. The van der Waals surface area contributed by atoms with Crippen LogP contribution in [0.15, 0.2) is 59.2 Å². The van der Waals surface area contributed by atoms with E-state index in [9.17, 15) is 22.4 Å². The molecule has 0 atom stereocenters. The largest absolute Gasteiger partial charge is 0.447 e. The topological polar surface area (TPSA) is 49.6 Å². The fourth-order valence-corrected chi connectivity index (χ4v) is 4.10. The van der Waals surface area contributed by atoms with Crippen molar-refractivity contribution in [2.24, 2.45) is 0 Å². The number of piperidine rings is 1. The number of hydrogen-bond donors (Lipinski definition) is 0. The molecule has 1 aliphatic rings. The van der Waals surface area contributed by atoms with E-state index in [1.54, 1.807) is 28.0 Å². The van der Waals surface area contributed by atoms with Crippen molar-refractivity contribution in [3.8, 4) is 0 Å². The summed E-state index contributed by atoms with van der Waals surface area (Å²) in [5.41, 5.74) is 0.577. The van der Waals surface area contributed by atoms with Crippen LogP contribution in [0.1, 0.15) is 52.3 Å². The number of halogens is 4. The Morgan fingerprint density at radius 3 is 2.32 bits per heavy atom. The average molecular weight is 475 g/mol. The summed E-state index contributed by atoms with van der Waals surface area (Å²) in [5.74, 6) is -0.324. The molecular weight excluding hydrogens is 450 g/mol. The van der Waals surface area contributed by atoms with Crippen LogP contribution in [0.5, 0.6) is 0 Å². The molecule has 1 saturated heterocycles. The molecule has 0 radical (unpaired) electrons. The Kier molecular flexibility index (Phi) is 7.31. The van der Waals surface area contributed by atoms with Crippen molar-refractivity contribution in [2.45, 2.75) is 45.1 Å². The van der Waals surface area contributed by atoms with E-state index in [2.05, 4.69) is 4.98 Å². The number of hydrogen-bond acceptors (Lipinski definition) is 4. The van der Waals surface area contributed by atoms with Crippen molar-refractivity contribution in [3.05, 3.63) is 88.9 Å². The third-order valence-corrected chi connectivity index (χ3v) is 5.73. The van der Waals surface area contributed by atoms with Crippen LogP contribution in [0.3, 0.4) is 0 Å². The summed E-state index contributed by atoms with van der Waals surface area (Å²) >= 11 is 0. The fraction of sp³-hybridized carbons (Fsp3) is 0.360. The molecule has 180 valence electrons. The third kappa shape index (κ3) is 6.22. The maximum Gasteiger partial charge on any atom is 0.416 e. The Balaban J connectivity index is 1.53. The van der Waals surface area contributed by atoms with Gasteiger partial charge in [-0.3, -0.25) is 9.69 Å². The molecule has 1 amide bonds. The Morgan fingerprint density at radius 2 is 1.65 bits per heavy atom. The number of alkyl halides is 3. The molecule has 1 aliphatic heterocycles. The van der Waals surface area contributed by atoms with Crippen molar-refractivity contribution < 1.29 is 26.8 Å². The molecule has 4 rings (SSSR count). The van der Waals surface area contributed by atoms with Crippen LogP contribution in [0.4, 0.5) is 17.6 Å². The van der Waals surface area contributed by atoms with Crippen LogP contribution < -0.4 is 0 Å². The van der Waals surface area contributed by atoms with Gasteiger partial charge in [0.05, 0.1) is 12.1 Å². The van der Waals surface area contributed by atoms with Gasteiger partial charge >= 0.3 is 6.18 Å². The monoisotopic (exact) mass is 475 g/mol. The van der Waals surface area contributed by atoms with E-state index < -0.39 is 17.6 Å². The van der Waals surface area contributed by atoms with Crippen LogP contribution in [0, 0.1) is 5.82 Å². The summed E-state index contributed by atoms with van der Waals surface area (Å²) in [4.78, 5) is 20.6. The molecule has 0 spiro atoms. The number of amides is 1. The number of aromatic nitrogens is 1. The van der Waals surface area contributed by atoms with Crippen LogP contribution in [-0.2, 0) is 25.8 Å². The van der Waals surface area contributed by atoms with Gasteiger partial charge in [-0.05, 0) is 48.6 Å². The van der Waals surface area contributed by atoms with Gasteiger partial charge in [0.2, 0.25) is 5.89 Å². The quantitative estimate of drug-likeness (QED) is 0.414. The van der Waals surface area contributed by atoms with E-state index in [0.29, 0.717) is 24.2 Å². The molecule has 0 N–H and O–H groups in total. The zero-order valence-corrected chi connectivity index (χ0v) is 18.5. The molecule has 34 heavy (non-hydrogen) atoms. The highest BCUT2D eigenvalue weighted by molar-refractivity contribution is 5.92. The second-order valence-electron chi connectivity index (χ2n) is 8.45. The van der Waals surface area contributed by atoms with E-state index in [0.717, 1.165) is 31.4 Å². The lowest BCUT2D eigenvalue weighted by molar-refractivity contribution is -0.137. The maximum absolute atomic E-state index is 13.7. The van der Waals surface area contributed by atoms with E-state index in [1.165, 1.54) is 24.5 Å². The lowest BCUT2D eigenvalue weighted by Gasteiger charge is -2.25. The van der Waals surface area contributed by atoms with Gasteiger partial charge in [-0.2, -0.15) is 13.2 Å². The van der Waals surface area contributed by atoms with Gasteiger partial charge in [-0.1, -0.05) is 30.3 Å². The predicted molar refractivity (Wildman–Crippen MR) is 117 cm³/mol. The van der Waals surface area contributed by atoms with Gasteiger partial charge in [0.25, 0.3) is 5.91 Å². The number of rotatable bonds is 7. The van der Waals surface area contributed by atoms with Crippen molar-refractivity contribution in [3.63, 3.8) is 0 Å². The first-order chi connectivity index (χ1) is 16.3. The van der Waals surface area contributed by atoms with Crippen molar-refractivity contribution in [2.75, 3.05) is 13.1 Å². The van der Waals surface area contributed by atoms with Crippen LogP contribution in [0.25, 0.3) is 0 Å². The van der Waals surface area contributed by atoms with Crippen LogP contribution in [-0.4, -0.2) is 33.8 Å². The summed E-state index contributed by atoms with van der Waals surface area (Å²) in [5, 5.41) is 0. The number of nitrogens with zero attached hydrogens (tertiary/aromatic N) is 3. The number of likely N-dealkylation sites (tertiary alicyclic amines) is 1. The zero-order chi connectivity index (χ0) is 24.1. The summed E-state index contributed by atoms with van der Waals surface area (Å²) in [6, 6.07) is 11.1. The molecule has 1 fully saturated rings. The molecule has 2 heterocycles. The Morgan fingerprint density at radius 1 is 0.971 bits per heavy atom. The minimum atomic E-state index is -4.45. The van der Waals surface area contributed by atoms with Crippen molar-refractivity contribution >= 4 is 5.91 Å². The first-order valence-corrected chi connectivity index (χ1v) is 11.1. The minimum absolute atomic E-state index is 0.139.